The summed E-state index contributed by atoms with van der Waals surface area (Å²) in [7, 11) is -3.96. The van der Waals surface area contributed by atoms with Crippen LogP contribution in [0.5, 0.6) is 0 Å². The van der Waals surface area contributed by atoms with Crippen LogP contribution in [0, 0.1) is 10.1 Å². The predicted octanol–water partition coefficient (Wildman–Crippen LogP) is 0.585. The van der Waals surface area contributed by atoms with Gasteiger partial charge in [-0.15, -0.1) is 0 Å². The number of hydrogen-bond donors (Lipinski definition) is 3. The van der Waals surface area contributed by atoms with Crippen LogP contribution in [0.1, 0.15) is 13.3 Å². The van der Waals surface area contributed by atoms with Crippen molar-refractivity contribution in [2.24, 2.45) is 5.84 Å². The zero-order valence-corrected chi connectivity index (χ0v) is 12.4. The Hall–Kier alpha value is -1.75. The normalized spacial score (nSPS) is 11.3. The molecule has 0 saturated carbocycles. The highest BCUT2D eigenvalue weighted by molar-refractivity contribution is 7.89. The van der Waals surface area contributed by atoms with E-state index in [1.54, 1.807) is 0 Å². The first-order valence-corrected chi connectivity index (χ1v) is 7.73. The molecule has 9 nitrogen and oxygen atoms in total. The number of nitrogens with zero attached hydrogens (tertiary/aromatic N) is 1. The number of anilines is 1. The summed E-state index contributed by atoms with van der Waals surface area (Å²) in [5.74, 6) is 5.15. The fourth-order valence-corrected chi connectivity index (χ4v) is 2.80. The van der Waals surface area contributed by atoms with Gasteiger partial charge in [-0.2, -0.15) is 0 Å². The molecular formula is C11H18N4O5S. The number of benzene rings is 1. The van der Waals surface area contributed by atoms with Crippen LogP contribution in [0.4, 0.5) is 11.4 Å². The van der Waals surface area contributed by atoms with Crippen molar-refractivity contribution in [2.45, 2.75) is 18.2 Å². The van der Waals surface area contributed by atoms with Gasteiger partial charge in [-0.25, -0.2) is 13.1 Å². The topological polar surface area (TPSA) is 137 Å². The van der Waals surface area contributed by atoms with Gasteiger partial charge in [-0.1, -0.05) is 0 Å². The van der Waals surface area contributed by atoms with Crippen LogP contribution in [0.25, 0.3) is 0 Å². The maximum Gasteiger partial charge on any atom is 0.291 e. The van der Waals surface area contributed by atoms with Crippen molar-refractivity contribution in [3.05, 3.63) is 28.3 Å². The molecule has 0 atom stereocenters. The van der Waals surface area contributed by atoms with Crippen LogP contribution < -0.4 is 16.0 Å². The summed E-state index contributed by atoms with van der Waals surface area (Å²) in [4.78, 5) is 9.81. The van der Waals surface area contributed by atoms with Gasteiger partial charge >= 0.3 is 0 Å². The van der Waals surface area contributed by atoms with Crippen molar-refractivity contribution in [1.82, 2.24) is 4.72 Å². The Bertz CT molecular complexity index is 590. The van der Waals surface area contributed by atoms with E-state index in [9.17, 15) is 18.5 Å². The Balaban J connectivity index is 2.89. The molecular weight excluding hydrogens is 300 g/mol. The molecule has 0 amide bonds. The number of nitrogens with two attached hydrogens (primary N) is 1. The van der Waals surface area contributed by atoms with Crippen LogP contribution in [-0.2, 0) is 14.8 Å². The molecule has 0 aliphatic rings. The SMILES string of the molecule is CCOCCCNS(=O)(=O)c1ccc(NN)cc1[N+](=O)[O-]. The number of nitrogen functional groups attached to an aromatic ring is 1. The highest BCUT2D eigenvalue weighted by Crippen LogP contribution is 2.26. The fraction of sp³-hybridized carbons (Fsp3) is 0.455. The van der Waals surface area contributed by atoms with Gasteiger partial charge in [0.1, 0.15) is 0 Å². The Morgan fingerprint density at radius 3 is 2.71 bits per heavy atom. The number of nitro groups is 1. The minimum absolute atomic E-state index is 0.135. The monoisotopic (exact) mass is 318 g/mol. The number of nitrogens with one attached hydrogen (secondary N) is 2. The molecule has 1 rings (SSSR count). The van der Waals surface area contributed by atoms with Crippen LogP contribution in [0.15, 0.2) is 23.1 Å². The molecule has 0 saturated heterocycles. The second-order valence-corrected chi connectivity index (χ2v) is 5.77. The predicted molar refractivity (Wildman–Crippen MR) is 77.2 cm³/mol. The molecule has 0 spiro atoms. The van der Waals surface area contributed by atoms with Gasteiger partial charge < -0.3 is 10.2 Å². The van der Waals surface area contributed by atoms with E-state index in [1.807, 2.05) is 6.92 Å². The molecule has 0 aliphatic carbocycles. The third-order valence-corrected chi connectivity index (χ3v) is 4.08. The van der Waals surface area contributed by atoms with E-state index in [0.29, 0.717) is 19.6 Å². The second kappa shape index (κ2) is 7.88. The zero-order valence-electron chi connectivity index (χ0n) is 11.5. The summed E-state index contributed by atoms with van der Waals surface area (Å²) in [6.07, 6.45) is 0.476. The van der Waals surface area contributed by atoms with Crippen molar-refractivity contribution in [1.29, 1.82) is 0 Å². The number of rotatable bonds is 9. The van der Waals surface area contributed by atoms with Crippen LogP contribution in [0.3, 0.4) is 0 Å². The van der Waals surface area contributed by atoms with Crippen molar-refractivity contribution < 1.29 is 18.1 Å². The van der Waals surface area contributed by atoms with Crippen molar-refractivity contribution in [3.63, 3.8) is 0 Å². The molecule has 4 N–H and O–H groups in total. The molecule has 0 aliphatic heterocycles. The van der Waals surface area contributed by atoms with E-state index in [2.05, 4.69) is 10.1 Å². The van der Waals surface area contributed by atoms with Crippen LogP contribution in [-0.4, -0.2) is 33.1 Å². The quantitative estimate of drug-likeness (QED) is 0.262. The Kier molecular flexibility index (Phi) is 6.49. The average Bonchev–Trinajstić information content (AvgIpc) is 2.46. The summed E-state index contributed by atoms with van der Waals surface area (Å²) in [6.45, 7) is 2.93. The van der Waals surface area contributed by atoms with Gasteiger partial charge in [0.05, 0.1) is 10.6 Å². The Morgan fingerprint density at radius 1 is 1.43 bits per heavy atom. The number of nitro benzene ring substituents is 1. The minimum Gasteiger partial charge on any atom is -0.382 e. The Morgan fingerprint density at radius 2 is 2.14 bits per heavy atom. The molecule has 0 fully saturated rings. The summed E-state index contributed by atoms with van der Waals surface area (Å²) < 4.78 is 31.5. The molecule has 0 bridgehead atoms. The van der Waals surface area contributed by atoms with Crippen molar-refractivity contribution >= 4 is 21.4 Å². The molecule has 0 unspecified atom stereocenters. The van der Waals surface area contributed by atoms with Gasteiger partial charge in [0.15, 0.2) is 4.90 Å². The second-order valence-electron chi connectivity index (χ2n) is 4.03. The number of hydrogen-bond acceptors (Lipinski definition) is 7. The van der Waals surface area contributed by atoms with E-state index in [-0.39, 0.29) is 12.2 Å². The van der Waals surface area contributed by atoms with E-state index in [1.165, 1.54) is 6.07 Å². The lowest BCUT2D eigenvalue weighted by atomic mass is 10.3. The third kappa shape index (κ3) is 4.93. The highest BCUT2D eigenvalue weighted by atomic mass is 32.2. The number of sulfonamides is 1. The fourth-order valence-electron chi connectivity index (χ4n) is 1.58. The summed E-state index contributed by atoms with van der Waals surface area (Å²) >= 11 is 0. The van der Waals surface area contributed by atoms with Gasteiger partial charge in [0, 0.05) is 25.8 Å². The third-order valence-electron chi connectivity index (χ3n) is 2.57. The Labute approximate surface area is 122 Å². The lowest BCUT2D eigenvalue weighted by molar-refractivity contribution is -0.387. The largest absolute Gasteiger partial charge is 0.382 e. The molecule has 0 radical (unpaired) electrons. The lowest BCUT2D eigenvalue weighted by Crippen LogP contribution is -2.26. The van der Waals surface area contributed by atoms with Gasteiger partial charge in [0.25, 0.3) is 5.69 Å². The van der Waals surface area contributed by atoms with E-state index in [4.69, 9.17) is 10.6 Å². The van der Waals surface area contributed by atoms with Gasteiger partial charge in [-0.05, 0) is 25.5 Å². The first kappa shape index (κ1) is 17.3. The van der Waals surface area contributed by atoms with Crippen LogP contribution >= 0.6 is 0 Å². The molecule has 118 valence electrons. The molecule has 0 aromatic heterocycles. The maximum atomic E-state index is 12.1. The standard InChI is InChI=1S/C11H18N4O5S/c1-2-20-7-3-6-13-21(18,19)11-5-4-9(14-12)8-10(11)15(16)17/h4-5,8,13-14H,2-3,6-7,12H2,1H3. The molecule has 0 heterocycles. The van der Waals surface area contributed by atoms with E-state index < -0.39 is 25.5 Å². The number of ether oxygens (including phenoxy) is 1. The van der Waals surface area contributed by atoms with Gasteiger partial charge in [-0.3, -0.25) is 16.0 Å². The molecule has 10 heteroatoms. The zero-order chi connectivity index (χ0) is 15.9. The van der Waals surface area contributed by atoms with Crippen molar-refractivity contribution in [3.8, 4) is 0 Å². The molecule has 21 heavy (non-hydrogen) atoms. The first-order valence-electron chi connectivity index (χ1n) is 6.25. The number of hydrazine groups is 1. The van der Waals surface area contributed by atoms with Crippen molar-refractivity contribution in [2.75, 3.05) is 25.2 Å². The highest BCUT2D eigenvalue weighted by Gasteiger charge is 2.25. The first-order chi connectivity index (χ1) is 9.92. The summed E-state index contributed by atoms with van der Waals surface area (Å²) in [5, 5.41) is 11.0. The molecule has 1 aromatic rings. The maximum absolute atomic E-state index is 12.1. The van der Waals surface area contributed by atoms with E-state index in [0.717, 1.165) is 12.1 Å². The summed E-state index contributed by atoms with van der Waals surface area (Å²) in [6, 6.07) is 3.55. The lowest BCUT2D eigenvalue weighted by Gasteiger charge is -2.08. The summed E-state index contributed by atoms with van der Waals surface area (Å²) in [5.41, 5.74) is 1.94. The average molecular weight is 318 g/mol. The van der Waals surface area contributed by atoms with E-state index >= 15 is 0 Å². The molecule has 1 aromatic carbocycles. The van der Waals surface area contributed by atoms with Gasteiger partial charge in [0.2, 0.25) is 10.0 Å². The smallest absolute Gasteiger partial charge is 0.291 e. The van der Waals surface area contributed by atoms with Crippen LogP contribution in [0.2, 0.25) is 0 Å². The minimum atomic E-state index is -3.96.